The van der Waals surface area contributed by atoms with E-state index in [4.69, 9.17) is 0 Å². The van der Waals surface area contributed by atoms with Gasteiger partial charge in [0.05, 0.1) is 13.2 Å². The number of oxime groups is 1. The van der Waals surface area contributed by atoms with Gasteiger partial charge in [-0.15, -0.1) is 0 Å². The van der Waals surface area contributed by atoms with E-state index in [0.717, 1.165) is 0 Å². The molecule has 0 heterocycles. The van der Waals surface area contributed by atoms with Crippen molar-refractivity contribution in [3.8, 4) is 0 Å². The van der Waals surface area contributed by atoms with Crippen molar-refractivity contribution in [2.75, 3.05) is 19.8 Å². The van der Waals surface area contributed by atoms with E-state index in [2.05, 4.69) is 26.0 Å². The maximum absolute atomic E-state index is 11.3. The summed E-state index contributed by atoms with van der Waals surface area (Å²) < 4.78 is 9.25. The second-order valence-electron chi connectivity index (χ2n) is 2.47. The van der Waals surface area contributed by atoms with Crippen LogP contribution in [-0.2, 0) is 23.9 Å². The molecule has 0 aromatic heterocycles. The Hall–Kier alpha value is -1.85. The van der Waals surface area contributed by atoms with Crippen molar-refractivity contribution in [1.29, 1.82) is 0 Å². The van der Waals surface area contributed by atoms with E-state index in [1.165, 1.54) is 6.08 Å². The SMILES string of the molecule is C=CCON=C(C(=O)OCC)C(=O)OCC. The van der Waals surface area contributed by atoms with Gasteiger partial charge in [-0.05, 0) is 13.8 Å². The Morgan fingerprint density at radius 2 is 1.69 bits per heavy atom. The van der Waals surface area contributed by atoms with E-state index in [1.54, 1.807) is 13.8 Å². The van der Waals surface area contributed by atoms with Crippen molar-refractivity contribution >= 4 is 17.7 Å². The molecule has 0 radical (unpaired) electrons. The summed E-state index contributed by atoms with van der Waals surface area (Å²) in [5.74, 6) is -1.74. The standard InChI is InChI=1S/C10H15NO5/c1-4-7-16-11-8(9(12)14-5-2)10(13)15-6-3/h4H,1,5-7H2,2-3H3. The molecule has 6 nitrogen and oxygen atoms in total. The maximum Gasteiger partial charge on any atom is 0.368 e. The summed E-state index contributed by atoms with van der Waals surface area (Å²) in [5.41, 5.74) is -0.509. The van der Waals surface area contributed by atoms with Gasteiger partial charge in [-0.25, -0.2) is 9.59 Å². The van der Waals surface area contributed by atoms with Crippen molar-refractivity contribution in [2.24, 2.45) is 5.16 Å². The lowest BCUT2D eigenvalue weighted by Gasteiger charge is -2.04. The summed E-state index contributed by atoms with van der Waals surface area (Å²) >= 11 is 0. The van der Waals surface area contributed by atoms with Crippen molar-refractivity contribution < 1.29 is 23.9 Å². The van der Waals surface area contributed by atoms with Gasteiger partial charge in [0.2, 0.25) is 0 Å². The lowest BCUT2D eigenvalue weighted by atomic mass is 10.4. The van der Waals surface area contributed by atoms with Crippen molar-refractivity contribution in [1.82, 2.24) is 0 Å². The molecule has 0 saturated heterocycles. The third-order valence-electron chi connectivity index (χ3n) is 1.29. The van der Waals surface area contributed by atoms with E-state index < -0.39 is 17.7 Å². The molecule has 0 aliphatic rings. The third kappa shape index (κ3) is 5.14. The number of carbonyl (C=O) groups is 2. The van der Waals surface area contributed by atoms with E-state index in [-0.39, 0.29) is 19.8 Å². The summed E-state index contributed by atoms with van der Waals surface area (Å²) in [6.07, 6.45) is 1.43. The van der Waals surface area contributed by atoms with E-state index in [0.29, 0.717) is 0 Å². The predicted molar refractivity (Wildman–Crippen MR) is 56.9 cm³/mol. The molecular weight excluding hydrogens is 214 g/mol. The fourth-order valence-electron chi connectivity index (χ4n) is 0.711. The van der Waals surface area contributed by atoms with Gasteiger partial charge in [-0.2, -0.15) is 0 Å². The summed E-state index contributed by atoms with van der Waals surface area (Å²) in [5, 5.41) is 3.35. The summed E-state index contributed by atoms with van der Waals surface area (Å²) in [6, 6.07) is 0. The Bertz CT molecular complexity index is 265. The Labute approximate surface area is 93.8 Å². The zero-order valence-electron chi connectivity index (χ0n) is 9.39. The zero-order valence-corrected chi connectivity index (χ0v) is 9.39. The molecule has 0 rings (SSSR count). The highest BCUT2D eigenvalue weighted by Crippen LogP contribution is 1.92. The average molecular weight is 229 g/mol. The second kappa shape index (κ2) is 8.46. The van der Waals surface area contributed by atoms with Crippen molar-refractivity contribution in [3.05, 3.63) is 12.7 Å². The number of rotatable bonds is 7. The molecule has 0 spiro atoms. The summed E-state index contributed by atoms with van der Waals surface area (Å²) in [4.78, 5) is 27.2. The Kier molecular flexibility index (Phi) is 7.48. The number of nitrogens with zero attached hydrogens (tertiary/aromatic N) is 1. The van der Waals surface area contributed by atoms with Crippen LogP contribution in [0.5, 0.6) is 0 Å². The van der Waals surface area contributed by atoms with Gasteiger partial charge in [0.15, 0.2) is 0 Å². The van der Waals surface area contributed by atoms with Crippen LogP contribution in [0, 0.1) is 0 Å². The molecule has 0 atom stereocenters. The van der Waals surface area contributed by atoms with E-state index in [1.807, 2.05) is 0 Å². The molecule has 0 fully saturated rings. The molecule has 0 saturated carbocycles. The van der Waals surface area contributed by atoms with E-state index in [9.17, 15) is 9.59 Å². The monoisotopic (exact) mass is 229 g/mol. The van der Waals surface area contributed by atoms with Crippen molar-refractivity contribution in [2.45, 2.75) is 13.8 Å². The summed E-state index contributed by atoms with van der Waals surface area (Å²) in [7, 11) is 0. The molecule has 16 heavy (non-hydrogen) atoms. The molecule has 0 aliphatic heterocycles. The average Bonchev–Trinajstić information content (AvgIpc) is 2.25. The molecule has 90 valence electrons. The third-order valence-corrected chi connectivity index (χ3v) is 1.29. The highest BCUT2D eigenvalue weighted by atomic mass is 16.6. The quantitative estimate of drug-likeness (QED) is 0.160. The molecular formula is C10H15NO5. The minimum atomic E-state index is -0.870. The Balaban J connectivity index is 4.60. The van der Waals surface area contributed by atoms with Gasteiger partial charge in [0.1, 0.15) is 6.61 Å². The Morgan fingerprint density at radius 3 is 2.06 bits per heavy atom. The minimum absolute atomic E-state index is 0.0856. The largest absolute Gasteiger partial charge is 0.461 e. The van der Waals surface area contributed by atoms with Gasteiger partial charge < -0.3 is 14.3 Å². The lowest BCUT2D eigenvalue weighted by Crippen LogP contribution is -2.28. The molecule has 0 aliphatic carbocycles. The van der Waals surface area contributed by atoms with Crippen LogP contribution < -0.4 is 0 Å². The van der Waals surface area contributed by atoms with Gasteiger partial charge in [-0.1, -0.05) is 17.8 Å². The number of hydrogen-bond acceptors (Lipinski definition) is 6. The highest BCUT2D eigenvalue weighted by Gasteiger charge is 2.24. The van der Waals surface area contributed by atoms with Crippen LogP contribution in [0.3, 0.4) is 0 Å². The van der Waals surface area contributed by atoms with E-state index >= 15 is 0 Å². The van der Waals surface area contributed by atoms with Gasteiger partial charge in [0.25, 0.3) is 5.71 Å². The van der Waals surface area contributed by atoms with Gasteiger partial charge >= 0.3 is 11.9 Å². The molecule has 0 N–H and O–H groups in total. The smallest absolute Gasteiger partial charge is 0.368 e. The fraction of sp³-hybridized carbons (Fsp3) is 0.500. The second-order valence-corrected chi connectivity index (χ2v) is 2.47. The molecule has 0 unspecified atom stereocenters. The van der Waals surface area contributed by atoms with Crippen molar-refractivity contribution in [3.63, 3.8) is 0 Å². The molecule has 0 aromatic carbocycles. The molecule has 6 heteroatoms. The summed E-state index contributed by atoms with van der Waals surface area (Å²) in [6.45, 7) is 6.99. The van der Waals surface area contributed by atoms with Gasteiger partial charge in [0, 0.05) is 0 Å². The van der Waals surface area contributed by atoms with Crippen LogP contribution in [0.2, 0.25) is 0 Å². The van der Waals surface area contributed by atoms with Crippen LogP contribution in [-0.4, -0.2) is 37.5 Å². The first-order valence-corrected chi connectivity index (χ1v) is 4.82. The van der Waals surface area contributed by atoms with Gasteiger partial charge in [-0.3, -0.25) is 0 Å². The number of esters is 2. The Morgan fingerprint density at radius 1 is 1.19 bits per heavy atom. The maximum atomic E-state index is 11.3. The number of ether oxygens (including phenoxy) is 2. The number of carbonyl (C=O) groups excluding carboxylic acids is 2. The van der Waals surface area contributed by atoms with Crippen LogP contribution in [0.15, 0.2) is 17.8 Å². The molecule has 0 bridgehead atoms. The molecule has 0 aromatic rings. The van der Waals surface area contributed by atoms with Crippen LogP contribution in [0.1, 0.15) is 13.8 Å². The first kappa shape index (κ1) is 14.2. The van der Waals surface area contributed by atoms with Crippen LogP contribution in [0.4, 0.5) is 0 Å². The number of hydrogen-bond donors (Lipinski definition) is 0. The van der Waals surface area contributed by atoms with Crippen LogP contribution in [0.25, 0.3) is 0 Å². The highest BCUT2D eigenvalue weighted by molar-refractivity contribution is 6.62. The predicted octanol–water partition coefficient (Wildman–Crippen LogP) is 0.671. The minimum Gasteiger partial charge on any atom is -0.461 e. The normalized spacial score (nSPS) is 8.88. The first-order chi connectivity index (χ1) is 7.67. The molecule has 0 amide bonds. The first-order valence-electron chi connectivity index (χ1n) is 4.82. The lowest BCUT2D eigenvalue weighted by molar-refractivity contribution is -0.140. The van der Waals surface area contributed by atoms with Crippen LogP contribution >= 0.6 is 0 Å². The fourth-order valence-corrected chi connectivity index (χ4v) is 0.711. The topological polar surface area (TPSA) is 74.2 Å². The zero-order chi connectivity index (χ0) is 12.4.